The van der Waals surface area contributed by atoms with E-state index in [9.17, 15) is 0 Å². The van der Waals surface area contributed by atoms with Gasteiger partial charge in [-0.15, -0.1) is 0 Å². The smallest absolute Gasteiger partial charge is 0.00876 e. The summed E-state index contributed by atoms with van der Waals surface area (Å²) in [5.74, 6) is 1.69. The second-order valence-corrected chi connectivity index (χ2v) is 7.73. The Morgan fingerprint density at radius 1 is 0.900 bits per heavy atom. The van der Waals surface area contributed by atoms with Gasteiger partial charge < -0.3 is 0 Å². The largest absolute Gasteiger partial charge is 0.0654 e. The van der Waals surface area contributed by atoms with Gasteiger partial charge in [0.05, 0.1) is 0 Å². The molecule has 0 amide bonds. The normalized spacial score (nSPS) is 12.9. The molecule has 0 heteroatoms. The highest BCUT2D eigenvalue weighted by atomic mass is 14.4. The summed E-state index contributed by atoms with van der Waals surface area (Å²) in [6.07, 6.45) is 6.42. The van der Waals surface area contributed by atoms with Crippen LogP contribution in [0.4, 0.5) is 0 Å². The molecule has 1 aromatic rings. The molecule has 0 unspecified atom stereocenters. The number of hydrogen-bond donors (Lipinski definition) is 0. The van der Waals surface area contributed by atoms with Gasteiger partial charge in [0.15, 0.2) is 0 Å². The molecule has 0 aliphatic rings. The molecule has 1 rings (SSSR count). The minimum Gasteiger partial charge on any atom is -0.0654 e. The second kappa shape index (κ2) is 7.29. The summed E-state index contributed by atoms with van der Waals surface area (Å²) in [6.45, 7) is 14.3. The first-order valence-electron chi connectivity index (χ1n) is 8.18. The van der Waals surface area contributed by atoms with E-state index >= 15 is 0 Å². The Labute approximate surface area is 127 Å². The zero-order valence-corrected chi connectivity index (χ0v) is 14.4. The van der Waals surface area contributed by atoms with Crippen LogP contribution in [-0.2, 0) is 6.42 Å². The SMILES string of the molecule is CCCCCC(C)(C)[C](Cc1ccccc1)C(C)(C)C. The lowest BCUT2D eigenvalue weighted by molar-refractivity contribution is 0.229. The van der Waals surface area contributed by atoms with Crippen LogP contribution in [0.5, 0.6) is 0 Å². The van der Waals surface area contributed by atoms with Crippen molar-refractivity contribution in [2.45, 2.75) is 73.6 Å². The third kappa shape index (κ3) is 5.31. The summed E-state index contributed by atoms with van der Waals surface area (Å²) >= 11 is 0. The zero-order valence-electron chi connectivity index (χ0n) is 14.4. The molecule has 0 bridgehead atoms. The van der Waals surface area contributed by atoms with Gasteiger partial charge >= 0.3 is 0 Å². The van der Waals surface area contributed by atoms with Crippen LogP contribution in [-0.4, -0.2) is 0 Å². The van der Waals surface area contributed by atoms with E-state index in [2.05, 4.69) is 71.9 Å². The Balaban J connectivity index is 2.83. The van der Waals surface area contributed by atoms with Crippen molar-refractivity contribution >= 4 is 0 Å². The van der Waals surface area contributed by atoms with E-state index in [-0.39, 0.29) is 5.41 Å². The summed E-state index contributed by atoms with van der Waals surface area (Å²) in [5.41, 5.74) is 2.04. The topological polar surface area (TPSA) is 0 Å². The summed E-state index contributed by atoms with van der Waals surface area (Å²) < 4.78 is 0. The predicted octanol–water partition coefficient (Wildman–Crippen LogP) is 6.46. The lowest BCUT2D eigenvalue weighted by Crippen LogP contribution is -2.34. The van der Waals surface area contributed by atoms with Crippen molar-refractivity contribution in [2.24, 2.45) is 10.8 Å². The van der Waals surface area contributed by atoms with Gasteiger partial charge in [-0.1, -0.05) is 91.1 Å². The van der Waals surface area contributed by atoms with Crippen LogP contribution >= 0.6 is 0 Å². The van der Waals surface area contributed by atoms with Crippen molar-refractivity contribution in [3.05, 3.63) is 41.8 Å². The fourth-order valence-corrected chi connectivity index (χ4v) is 3.29. The minimum atomic E-state index is 0.269. The highest BCUT2D eigenvalue weighted by molar-refractivity contribution is 5.23. The van der Waals surface area contributed by atoms with Gasteiger partial charge in [0.2, 0.25) is 0 Å². The molecule has 1 radical (unpaired) electrons. The molecule has 0 saturated heterocycles. The maximum Gasteiger partial charge on any atom is -0.00876 e. The van der Waals surface area contributed by atoms with Gasteiger partial charge in [-0.25, -0.2) is 0 Å². The Kier molecular flexibility index (Phi) is 6.30. The zero-order chi connectivity index (χ0) is 15.2. The lowest BCUT2D eigenvalue weighted by Gasteiger charge is -2.43. The lowest BCUT2D eigenvalue weighted by atomic mass is 9.62. The molecule has 113 valence electrons. The van der Waals surface area contributed by atoms with Crippen molar-refractivity contribution < 1.29 is 0 Å². The first-order chi connectivity index (χ1) is 9.27. The van der Waals surface area contributed by atoms with Gasteiger partial charge in [-0.3, -0.25) is 0 Å². The van der Waals surface area contributed by atoms with E-state index in [0.717, 1.165) is 6.42 Å². The highest BCUT2D eigenvalue weighted by Crippen LogP contribution is 2.47. The van der Waals surface area contributed by atoms with Crippen molar-refractivity contribution in [1.82, 2.24) is 0 Å². The standard InChI is InChI=1S/C20H33/c1-7-8-12-15-20(5,6)18(19(2,3)4)16-17-13-10-9-11-14-17/h9-11,13-14H,7-8,12,15-16H2,1-6H3. The molecule has 0 aliphatic carbocycles. The van der Waals surface area contributed by atoms with Crippen molar-refractivity contribution in [3.8, 4) is 0 Å². The van der Waals surface area contributed by atoms with E-state index in [1.807, 2.05) is 0 Å². The van der Waals surface area contributed by atoms with Crippen molar-refractivity contribution in [3.63, 3.8) is 0 Å². The fourth-order valence-electron chi connectivity index (χ4n) is 3.29. The van der Waals surface area contributed by atoms with Crippen LogP contribution in [0.15, 0.2) is 30.3 Å². The monoisotopic (exact) mass is 273 g/mol. The molecular weight excluding hydrogens is 240 g/mol. The summed E-state index contributed by atoms with van der Waals surface area (Å²) in [4.78, 5) is 0. The molecular formula is C20H33. The molecule has 0 aliphatic heterocycles. The number of rotatable bonds is 7. The fraction of sp³-hybridized carbons (Fsp3) is 0.650. The number of hydrogen-bond acceptors (Lipinski definition) is 0. The Bertz CT molecular complexity index is 367. The van der Waals surface area contributed by atoms with Crippen LogP contribution in [0.3, 0.4) is 0 Å². The van der Waals surface area contributed by atoms with Gasteiger partial charge in [-0.05, 0) is 35.2 Å². The molecule has 20 heavy (non-hydrogen) atoms. The van der Waals surface area contributed by atoms with E-state index in [1.54, 1.807) is 5.92 Å². The molecule has 0 heterocycles. The molecule has 0 saturated carbocycles. The third-order valence-electron chi connectivity index (χ3n) is 4.35. The molecule has 1 aromatic carbocycles. The molecule has 0 fully saturated rings. The summed E-state index contributed by atoms with van der Waals surface area (Å²) in [6, 6.07) is 10.9. The average molecular weight is 273 g/mol. The van der Waals surface area contributed by atoms with Crippen molar-refractivity contribution in [2.75, 3.05) is 0 Å². The first-order valence-corrected chi connectivity index (χ1v) is 8.18. The van der Waals surface area contributed by atoms with Crippen LogP contribution < -0.4 is 0 Å². The quantitative estimate of drug-likeness (QED) is 0.500. The Morgan fingerprint density at radius 2 is 1.50 bits per heavy atom. The van der Waals surface area contributed by atoms with E-state index in [4.69, 9.17) is 0 Å². The van der Waals surface area contributed by atoms with Crippen molar-refractivity contribution in [1.29, 1.82) is 0 Å². The third-order valence-corrected chi connectivity index (χ3v) is 4.35. The molecule has 0 nitrogen and oxygen atoms in total. The van der Waals surface area contributed by atoms with E-state index < -0.39 is 0 Å². The van der Waals surface area contributed by atoms with Crippen LogP contribution in [0, 0.1) is 16.7 Å². The first kappa shape index (κ1) is 17.3. The predicted molar refractivity (Wildman–Crippen MR) is 90.8 cm³/mol. The van der Waals surface area contributed by atoms with E-state index in [0.29, 0.717) is 5.41 Å². The number of benzene rings is 1. The Morgan fingerprint density at radius 3 is 2.00 bits per heavy atom. The van der Waals surface area contributed by atoms with Gasteiger partial charge in [0, 0.05) is 0 Å². The van der Waals surface area contributed by atoms with E-state index in [1.165, 1.54) is 31.2 Å². The van der Waals surface area contributed by atoms with Gasteiger partial charge in [0.25, 0.3) is 0 Å². The van der Waals surface area contributed by atoms with Crippen LogP contribution in [0.2, 0.25) is 0 Å². The molecule has 0 spiro atoms. The average Bonchev–Trinajstić information content (AvgIpc) is 2.36. The maximum atomic E-state index is 2.44. The van der Waals surface area contributed by atoms with Crippen LogP contribution in [0.25, 0.3) is 0 Å². The summed E-state index contributed by atoms with van der Waals surface area (Å²) in [5, 5.41) is 0. The second-order valence-electron chi connectivity index (χ2n) is 7.73. The maximum absolute atomic E-state index is 2.44. The molecule has 0 N–H and O–H groups in total. The summed E-state index contributed by atoms with van der Waals surface area (Å²) in [7, 11) is 0. The minimum absolute atomic E-state index is 0.269. The number of unbranched alkanes of at least 4 members (excludes halogenated alkanes) is 2. The Hall–Kier alpha value is -0.780. The van der Waals surface area contributed by atoms with Gasteiger partial charge in [0.1, 0.15) is 0 Å². The van der Waals surface area contributed by atoms with Gasteiger partial charge in [-0.2, -0.15) is 0 Å². The molecule has 0 aromatic heterocycles. The molecule has 0 atom stereocenters. The van der Waals surface area contributed by atoms with Crippen LogP contribution in [0.1, 0.15) is 72.8 Å². The highest BCUT2D eigenvalue weighted by Gasteiger charge is 2.37.